The number of fused-ring (bicyclic) bond motifs is 2. The Labute approximate surface area is 176 Å². The van der Waals surface area contributed by atoms with Crippen LogP contribution in [0.5, 0.6) is 11.5 Å². The van der Waals surface area contributed by atoms with Crippen LogP contribution in [0.25, 0.3) is 43.8 Å². The maximum atomic E-state index is 5.86. The quantitative estimate of drug-likeness (QED) is 0.299. The summed E-state index contributed by atoms with van der Waals surface area (Å²) in [5, 5.41) is 4.53. The Morgan fingerprint density at radius 3 is 1.30 bits per heavy atom. The monoisotopic (exact) mass is 390 g/mol. The topological polar surface area (TPSA) is 18.5 Å². The van der Waals surface area contributed by atoms with E-state index >= 15 is 0 Å². The van der Waals surface area contributed by atoms with Crippen molar-refractivity contribution in [2.24, 2.45) is 0 Å². The molecule has 5 aromatic rings. The third-order valence-corrected chi connectivity index (χ3v) is 5.66. The second-order valence-electron chi connectivity index (χ2n) is 7.25. The molecule has 2 nitrogen and oxygen atoms in total. The van der Waals surface area contributed by atoms with Gasteiger partial charge in [-0.1, -0.05) is 84.9 Å². The van der Waals surface area contributed by atoms with E-state index in [2.05, 4.69) is 72.8 Å². The molecule has 0 fully saturated rings. The molecule has 30 heavy (non-hydrogen) atoms. The minimum atomic E-state index is 0.858. The van der Waals surface area contributed by atoms with E-state index in [9.17, 15) is 0 Å². The zero-order chi connectivity index (χ0) is 20.5. The van der Waals surface area contributed by atoms with Crippen LogP contribution in [-0.2, 0) is 0 Å². The molecule has 0 aliphatic rings. The fourth-order valence-electron chi connectivity index (χ4n) is 4.41. The Morgan fingerprint density at radius 1 is 0.433 bits per heavy atom. The summed E-state index contributed by atoms with van der Waals surface area (Å²) in [7, 11) is 3.47. The largest absolute Gasteiger partial charge is 0.496 e. The molecule has 0 N–H and O–H groups in total. The number of hydrogen-bond donors (Lipinski definition) is 0. The van der Waals surface area contributed by atoms with Gasteiger partial charge in [-0.15, -0.1) is 0 Å². The highest BCUT2D eigenvalue weighted by Gasteiger charge is 2.21. The Bertz CT molecular complexity index is 1270. The van der Waals surface area contributed by atoms with Crippen LogP contribution in [0.2, 0.25) is 0 Å². The Hall–Kier alpha value is -3.78. The molecule has 0 heterocycles. The maximum absolute atomic E-state index is 5.86. The first-order valence-electron chi connectivity index (χ1n) is 10.0. The lowest BCUT2D eigenvalue weighted by Crippen LogP contribution is -1.95. The fraction of sp³-hybridized carbons (Fsp3) is 0.0714. The summed E-state index contributed by atoms with van der Waals surface area (Å²) < 4.78 is 11.7. The Kier molecular flexibility index (Phi) is 4.61. The fourth-order valence-corrected chi connectivity index (χ4v) is 4.41. The third-order valence-electron chi connectivity index (χ3n) is 5.66. The second-order valence-corrected chi connectivity index (χ2v) is 7.25. The molecule has 0 saturated carbocycles. The molecule has 0 radical (unpaired) electrons. The highest BCUT2D eigenvalue weighted by atomic mass is 16.5. The smallest absolute Gasteiger partial charge is 0.127 e. The van der Waals surface area contributed by atoms with Crippen LogP contribution in [0.15, 0.2) is 97.1 Å². The van der Waals surface area contributed by atoms with Crippen LogP contribution in [0, 0.1) is 0 Å². The zero-order valence-corrected chi connectivity index (χ0v) is 17.1. The molecular weight excluding hydrogens is 368 g/mol. The van der Waals surface area contributed by atoms with Gasteiger partial charge >= 0.3 is 0 Å². The molecule has 2 heteroatoms. The van der Waals surface area contributed by atoms with E-state index in [0.29, 0.717) is 0 Å². The standard InChI is InChI=1S/C28H22O2/c1-29-23-17-9-15-21-25(19-11-5-3-6-12-19)22-16-10-18-24(30-2)28(22)26(27(21)23)20-13-7-4-8-14-20/h3-18H,1-2H3. The van der Waals surface area contributed by atoms with E-state index in [1.54, 1.807) is 14.2 Å². The van der Waals surface area contributed by atoms with Crippen molar-refractivity contribution in [1.29, 1.82) is 0 Å². The van der Waals surface area contributed by atoms with Crippen LogP contribution >= 0.6 is 0 Å². The number of rotatable bonds is 4. The van der Waals surface area contributed by atoms with Gasteiger partial charge in [-0.3, -0.25) is 0 Å². The SMILES string of the molecule is COc1cccc2c(-c3ccccc3)c3cccc(OC)c3c(-c3ccccc3)c12. The molecule has 0 bridgehead atoms. The lowest BCUT2D eigenvalue weighted by molar-refractivity contribution is 0.419. The molecular formula is C28H22O2. The predicted molar refractivity (Wildman–Crippen MR) is 125 cm³/mol. The van der Waals surface area contributed by atoms with Crippen molar-refractivity contribution in [3.8, 4) is 33.8 Å². The third kappa shape index (κ3) is 2.81. The van der Waals surface area contributed by atoms with Crippen molar-refractivity contribution in [3.05, 3.63) is 97.1 Å². The molecule has 5 aromatic carbocycles. The molecule has 0 aromatic heterocycles. The summed E-state index contributed by atoms with van der Waals surface area (Å²) in [5.41, 5.74) is 4.64. The normalized spacial score (nSPS) is 11.0. The first-order valence-corrected chi connectivity index (χ1v) is 10.0. The van der Waals surface area contributed by atoms with Crippen LogP contribution in [-0.4, -0.2) is 14.2 Å². The first kappa shape index (κ1) is 18.3. The summed E-state index contributed by atoms with van der Waals surface area (Å²) >= 11 is 0. The van der Waals surface area contributed by atoms with Gasteiger partial charge in [0.2, 0.25) is 0 Å². The average Bonchev–Trinajstić information content (AvgIpc) is 2.82. The van der Waals surface area contributed by atoms with Crippen molar-refractivity contribution >= 4 is 21.5 Å². The number of hydrogen-bond acceptors (Lipinski definition) is 2. The summed E-state index contributed by atoms with van der Waals surface area (Å²) in [6.07, 6.45) is 0. The predicted octanol–water partition coefficient (Wildman–Crippen LogP) is 7.34. The highest BCUT2D eigenvalue weighted by Crippen LogP contribution is 2.49. The van der Waals surface area contributed by atoms with E-state index in [4.69, 9.17) is 9.47 Å². The molecule has 0 aliphatic heterocycles. The van der Waals surface area contributed by atoms with Gasteiger partial charge in [0, 0.05) is 16.3 Å². The van der Waals surface area contributed by atoms with Gasteiger partial charge in [-0.05, 0) is 39.6 Å². The molecule has 0 atom stereocenters. The van der Waals surface area contributed by atoms with Crippen molar-refractivity contribution in [2.75, 3.05) is 14.2 Å². The van der Waals surface area contributed by atoms with Gasteiger partial charge in [0.1, 0.15) is 11.5 Å². The molecule has 0 amide bonds. The van der Waals surface area contributed by atoms with Crippen LogP contribution in [0.4, 0.5) is 0 Å². The van der Waals surface area contributed by atoms with Crippen LogP contribution < -0.4 is 9.47 Å². The van der Waals surface area contributed by atoms with Gasteiger partial charge in [0.15, 0.2) is 0 Å². The average molecular weight is 390 g/mol. The van der Waals surface area contributed by atoms with Crippen LogP contribution in [0.1, 0.15) is 0 Å². The van der Waals surface area contributed by atoms with E-state index < -0.39 is 0 Å². The van der Waals surface area contributed by atoms with Gasteiger partial charge in [-0.2, -0.15) is 0 Å². The Morgan fingerprint density at radius 2 is 0.867 bits per heavy atom. The van der Waals surface area contributed by atoms with E-state index in [-0.39, 0.29) is 0 Å². The molecule has 0 unspecified atom stereocenters. The van der Waals surface area contributed by atoms with E-state index in [0.717, 1.165) is 33.4 Å². The maximum Gasteiger partial charge on any atom is 0.127 e. The number of methoxy groups -OCH3 is 2. The van der Waals surface area contributed by atoms with Crippen molar-refractivity contribution in [1.82, 2.24) is 0 Å². The first-order chi connectivity index (χ1) is 14.8. The lowest BCUT2D eigenvalue weighted by Gasteiger charge is -2.21. The zero-order valence-electron chi connectivity index (χ0n) is 17.1. The van der Waals surface area contributed by atoms with E-state index in [1.807, 2.05) is 24.3 Å². The molecule has 0 spiro atoms. The highest BCUT2D eigenvalue weighted by molar-refractivity contribution is 6.24. The van der Waals surface area contributed by atoms with Gasteiger partial charge in [-0.25, -0.2) is 0 Å². The van der Waals surface area contributed by atoms with Crippen molar-refractivity contribution < 1.29 is 9.47 Å². The summed E-state index contributed by atoms with van der Waals surface area (Å²) in [5.74, 6) is 1.72. The minimum absolute atomic E-state index is 0.858. The molecule has 146 valence electrons. The van der Waals surface area contributed by atoms with Gasteiger partial charge < -0.3 is 9.47 Å². The minimum Gasteiger partial charge on any atom is -0.496 e. The second kappa shape index (κ2) is 7.57. The summed E-state index contributed by atoms with van der Waals surface area (Å²) in [6.45, 7) is 0. The molecule has 5 rings (SSSR count). The van der Waals surface area contributed by atoms with Crippen LogP contribution in [0.3, 0.4) is 0 Å². The van der Waals surface area contributed by atoms with Crippen molar-refractivity contribution in [2.45, 2.75) is 0 Å². The lowest BCUT2D eigenvalue weighted by atomic mass is 9.85. The van der Waals surface area contributed by atoms with Gasteiger partial charge in [0.05, 0.1) is 14.2 Å². The summed E-state index contributed by atoms with van der Waals surface area (Å²) in [4.78, 5) is 0. The Balaban J connectivity index is 2.10. The van der Waals surface area contributed by atoms with Gasteiger partial charge in [0.25, 0.3) is 0 Å². The molecule has 0 aliphatic carbocycles. The van der Waals surface area contributed by atoms with Crippen molar-refractivity contribution in [3.63, 3.8) is 0 Å². The molecule has 0 saturated heterocycles. The number of ether oxygens (including phenoxy) is 2. The number of benzene rings is 5. The van der Waals surface area contributed by atoms with E-state index in [1.165, 1.54) is 21.9 Å². The summed E-state index contributed by atoms with van der Waals surface area (Å²) in [6, 6.07) is 33.6.